The van der Waals surface area contributed by atoms with Gasteiger partial charge in [-0.15, -0.1) is 0 Å². The lowest BCUT2D eigenvalue weighted by Gasteiger charge is -2.50. The molecule has 2 aliphatic rings. The molecule has 4 heterocycles. The Kier molecular flexibility index (Phi) is 3.87. The standard InChI is InChI=1S/C20H23N7O2/c1-12-10-14(24-17-13-6-9-21-16(13)22-11-23-17)19(29)27-15(12)18(28)25-20(26(27)2)7-4-3-5-8-20/h6,9-11H,3-5,7-8H2,1-2H3,(H,25,28)(H2,21,22,23,24). The van der Waals surface area contributed by atoms with Crippen LogP contribution in [0, 0.1) is 6.92 Å². The molecule has 0 saturated heterocycles. The van der Waals surface area contributed by atoms with Crippen molar-refractivity contribution in [1.82, 2.24) is 24.9 Å². The van der Waals surface area contributed by atoms with Gasteiger partial charge in [0, 0.05) is 13.2 Å². The van der Waals surface area contributed by atoms with Crippen LogP contribution in [0.1, 0.15) is 48.2 Å². The zero-order valence-corrected chi connectivity index (χ0v) is 16.5. The zero-order chi connectivity index (χ0) is 20.2. The fraction of sp³-hybridized carbons (Fsp3) is 0.400. The number of aromatic nitrogens is 4. The fourth-order valence-corrected chi connectivity index (χ4v) is 4.61. The van der Waals surface area contributed by atoms with Gasteiger partial charge in [-0.25, -0.2) is 14.6 Å². The summed E-state index contributed by atoms with van der Waals surface area (Å²) in [7, 11) is 1.88. The third-order valence-electron chi connectivity index (χ3n) is 6.14. The number of nitrogens with zero attached hydrogens (tertiary/aromatic N) is 4. The molecule has 0 atom stereocenters. The van der Waals surface area contributed by atoms with Crippen molar-refractivity contribution in [2.45, 2.75) is 44.7 Å². The van der Waals surface area contributed by atoms with Gasteiger partial charge in [0.2, 0.25) is 0 Å². The summed E-state index contributed by atoms with van der Waals surface area (Å²) in [6, 6.07) is 3.57. The Morgan fingerprint density at radius 1 is 1.17 bits per heavy atom. The number of rotatable bonds is 2. The second-order valence-electron chi connectivity index (χ2n) is 7.86. The number of anilines is 2. The number of fused-ring (bicyclic) bond motifs is 2. The average molecular weight is 393 g/mol. The Morgan fingerprint density at radius 3 is 2.76 bits per heavy atom. The molecule has 1 amide bonds. The van der Waals surface area contributed by atoms with Gasteiger partial charge in [0.25, 0.3) is 11.5 Å². The number of aryl methyl sites for hydroxylation is 1. The second-order valence-corrected chi connectivity index (χ2v) is 7.86. The lowest BCUT2D eigenvalue weighted by molar-refractivity contribution is 0.0773. The maximum Gasteiger partial charge on any atom is 0.293 e. The van der Waals surface area contributed by atoms with E-state index in [1.165, 1.54) is 11.0 Å². The molecular formula is C20H23N7O2. The summed E-state index contributed by atoms with van der Waals surface area (Å²) in [5.74, 6) is 0.352. The number of aromatic amines is 1. The highest BCUT2D eigenvalue weighted by atomic mass is 16.2. The minimum Gasteiger partial charge on any atom is -0.346 e. The first-order valence-corrected chi connectivity index (χ1v) is 9.89. The number of carbonyl (C=O) groups excluding carboxylic acids is 1. The molecule has 29 heavy (non-hydrogen) atoms. The maximum absolute atomic E-state index is 13.5. The Bertz CT molecular complexity index is 1170. The molecular weight excluding hydrogens is 370 g/mol. The van der Waals surface area contributed by atoms with Gasteiger partial charge in [-0.2, -0.15) is 0 Å². The van der Waals surface area contributed by atoms with E-state index in [0.717, 1.165) is 43.1 Å². The van der Waals surface area contributed by atoms with E-state index in [1.54, 1.807) is 12.3 Å². The predicted octanol–water partition coefficient (Wildman–Crippen LogP) is 2.14. The lowest BCUT2D eigenvalue weighted by Crippen LogP contribution is -2.70. The van der Waals surface area contributed by atoms with Crippen molar-refractivity contribution >= 4 is 28.4 Å². The molecule has 1 spiro atoms. The first-order valence-electron chi connectivity index (χ1n) is 9.89. The summed E-state index contributed by atoms with van der Waals surface area (Å²) < 4.78 is 1.53. The maximum atomic E-state index is 13.5. The van der Waals surface area contributed by atoms with Crippen LogP contribution in [0.15, 0.2) is 29.5 Å². The molecule has 9 nitrogen and oxygen atoms in total. The van der Waals surface area contributed by atoms with Crippen molar-refractivity contribution in [3.63, 3.8) is 0 Å². The van der Waals surface area contributed by atoms with Gasteiger partial charge in [-0.1, -0.05) is 6.42 Å². The van der Waals surface area contributed by atoms with Crippen molar-refractivity contribution < 1.29 is 4.79 Å². The molecule has 1 fully saturated rings. The first-order chi connectivity index (χ1) is 14.0. The van der Waals surface area contributed by atoms with Gasteiger partial charge in [-0.05, 0) is 50.3 Å². The highest BCUT2D eigenvalue weighted by Gasteiger charge is 2.44. The normalized spacial score (nSPS) is 18.0. The van der Waals surface area contributed by atoms with E-state index in [0.29, 0.717) is 22.8 Å². The van der Waals surface area contributed by atoms with Gasteiger partial charge in [0.1, 0.15) is 34.8 Å². The van der Waals surface area contributed by atoms with Crippen LogP contribution in [0.3, 0.4) is 0 Å². The fourth-order valence-electron chi connectivity index (χ4n) is 4.61. The molecule has 1 aliphatic carbocycles. The van der Waals surface area contributed by atoms with E-state index in [1.807, 2.05) is 25.0 Å². The molecule has 3 aromatic rings. The molecule has 0 radical (unpaired) electrons. The topological polar surface area (TPSA) is 108 Å². The van der Waals surface area contributed by atoms with E-state index in [9.17, 15) is 9.59 Å². The summed E-state index contributed by atoms with van der Waals surface area (Å²) in [6.07, 6.45) is 8.08. The van der Waals surface area contributed by atoms with Crippen LogP contribution in [0.5, 0.6) is 0 Å². The number of hydrogen-bond donors (Lipinski definition) is 3. The van der Waals surface area contributed by atoms with Crippen LogP contribution < -0.4 is 21.2 Å². The molecule has 1 saturated carbocycles. The lowest BCUT2D eigenvalue weighted by atomic mass is 9.87. The average Bonchev–Trinajstić information content (AvgIpc) is 3.19. The van der Waals surface area contributed by atoms with Crippen molar-refractivity contribution in [3.05, 3.63) is 46.3 Å². The number of nitrogens with one attached hydrogen (secondary N) is 3. The van der Waals surface area contributed by atoms with Gasteiger partial charge in [0.15, 0.2) is 0 Å². The van der Waals surface area contributed by atoms with Gasteiger partial charge in [-0.3, -0.25) is 14.6 Å². The van der Waals surface area contributed by atoms with Crippen LogP contribution >= 0.6 is 0 Å². The monoisotopic (exact) mass is 393 g/mol. The smallest absolute Gasteiger partial charge is 0.293 e. The molecule has 0 unspecified atom stereocenters. The van der Waals surface area contributed by atoms with Crippen LogP contribution in [0.2, 0.25) is 0 Å². The number of carbonyl (C=O) groups is 1. The third-order valence-corrected chi connectivity index (χ3v) is 6.14. The molecule has 0 bridgehead atoms. The summed E-state index contributed by atoms with van der Waals surface area (Å²) >= 11 is 0. The summed E-state index contributed by atoms with van der Waals surface area (Å²) in [6.45, 7) is 1.84. The van der Waals surface area contributed by atoms with Gasteiger partial charge >= 0.3 is 0 Å². The summed E-state index contributed by atoms with van der Waals surface area (Å²) in [5, 5.41) is 9.04. The number of amides is 1. The van der Waals surface area contributed by atoms with Crippen molar-refractivity contribution in [3.8, 4) is 0 Å². The van der Waals surface area contributed by atoms with Gasteiger partial charge < -0.3 is 15.6 Å². The van der Waals surface area contributed by atoms with Crippen LogP contribution in [-0.2, 0) is 0 Å². The molecule has 5 rings (SSSR count). The quantitative estimate of drug-likeness (QED) is 0.616. The molecule has 1 aliphatic heterocycles. The molecule has 3 aromatic heterocycles. The third kappa shape index (κ3) is 2.60. The predicted molar refractivity (Wildman–Crippen MR) is 110 cm³/mol. The number of H-pyrrole nitrogens is 1. The Hall–Kier alpha value is -3.36. The number of hydrogen-bond acceptors (Lipinski definition) is 6. The Balaban J connectivity index is 1.63. The Morgan fingerprint density at radius 2 is 1.97 bits per heavy atom. The van der Waals surface area contributed by atoms with Crippen LogP contribution in [0.25, 0.3) is 11.0 Å². The molecule has 9 heteroatoms. The highest BCUT2D eigenvalue weighted by molar-refractivity contribution is 5.96. The van der Waals surface area contributed by atoms with Crippen molar-refractivity contribution in [2.75, 3.05) is 17.4 Å². The Labute approximate surface area is 167 Å². The van der Waals surface area contributed by atoms with Crippen molar-refractivity contribution in [1.29, 1.82) is 0 Å². The van der Waals surface area contributed by atoms with Crippen molar-refractivity contribution in [2.24, 2.45) is 0 Å². The summed E-state index contributed by atoms with van der Waals surface area (Å²) in [4.78, 5) is 37.9. The van der Waals surface area contributed by atoms with E-state index in [2.05, 4.69) is 25.6 Å². The second kappa shape index (κ2) is 6.33. The largest absolute Gasteiger partial charge is 0.346 e. The molecule has 150 valence electrons. The van der Waals surface area contributed by atoms with Crippen LogP contribution in [-0.4, -0.2) is 38.2 Å². The number of pyridine rings is 1. The van der Waals surface area contributed by atoms with Crippen LogP contribution in [0.4, 0.5) is 11.5 Å². The zero-order valence-electron chi connectivity index (χ0n) is 16.5. The minimum absolute atomic E-state index is 0.193. The molecule has 3 N–H and O–H groups in total. The molecule has 0 aromatic carbocycles. The van der Waals surface area contributed by atoms with Gasteiger partial charge in [0.05, 0.1) is 5.39 Å². The highest BCUT2D eigenvalue weighted by Crippen LogP contribution is 2.33. The SMILES string of the molecule is Cc1cc(Nc2ncnc3[nH]ccc23)c(=O)n2c1C(=O)NC1(CCCCC1)N2C. The summed E-state index contributed by atoms with van der Waals surface area (Å²) in [5.41, 5.74) is 1.39. The van der Waals surface area contributed by atoms with E-state index in [-0.39, 0.29) is 11.5 Å². The van der Waals surface area contributed by atoms with E-state index >= 15 is 0 Å². The van der Waals surface area contributed by atoms with E-state index in [4.69, 9.17) is 0 Å². The van der Waals surface area contributed by atoms with E-state index < -0.39 is 5.66 Å². The first kappa shape index (κ1) is 17.7. The minimum atomic E-state index is -0.514.